The number of fused-ring (bicyclic) bond motifs is 1. The van der Waals surface area contributed by atoms with E-state index in [0.29, 0.717) is 39.8 Å². The quantitative estimate of drug-likeness (QED) is 0.632. The highest BCUT2D eigenvalue weighted by Crippen LogP contribution is 2.36. The summed E-state index contributed by atoms with van der Waals surface area (Å²) >= 11 is 0. The van der Waals surface area contributed by atoms with Crippen LogP contribution in [0.4, 0.5) is 15.8 Å². The molecular weight excluding hydrogens is 415 g/mol. The highest BCUT2D eigenvalue weighted by Gasteiger charge is 2.27. The van der Waals surface area contributed by atoms with Crippen LogP contribution in [0.25, 0.3) is 0 Å². The van der Waals surface area contributed by atoms with Gasteiger partial charge in [0.25, 0.3) is 11.8 Å². The molecule has 2 amide bonds. The third-order valence-corrected chi connectivity index (χ3v) is 5.09. The number of hydrogen-bond donors (Lipinski definition) is 1. The summed E-state index contributed by atoms with van der Waals surface area (Å²) in [6.45, 7) is -0.0895. The van der Waals surface area contributed by atoms with Gasteiger partial charge in [0.2, 0.25) is 0 Å². The third-order valence-electron chi connectivity index (χ3n) is 5.09. The van der Waals surface area contributed by atoms with Crippen LogP contribution in [0.5, 0.6) is 17.2 Å². The lowest BCUT2D eigenvalue weighted by atomic mass is 10.1. The normalized spacial score (nSPS) is 12.6. The number of ether oxygens (including phenoxy) is 3. The summed E-state index contributed by atoms with van der Waals surface area (Å²) in [6.07, 6.45) is 0. The number of anilines is 2. The van der Waals surface area contributed by atoms with E-state index in [1.165, 1.54) is 25.2 Å². The van der Waals surface area contributed by atoms with Crippen LogP contribution in [0, 0.1) is 5.82 Å². The zero-order valence-electron chi connectivity index (χ0n) is 17.6. The minimum atomic E-state index is -0.382. The zero-order chi connectivity index (χ0) is 22.7. The predicted octanol–water partition coefficient (Wildman–Crippen LogP) is 4.02. The largest absolute Gasteiger partial charge is 0.493 e. The third kappa shape index (κ3) is 4.20. The van der Waals surface area contributed by atoms with E-state index < -0.39 is 0 Å². The molecule has 0 saturated carbocycles. The summed E-state index contributed by atoms with van der Waals surface area (Å²) in [6, 6.07) is 16.1. The minimum absolute atomic E-state index is 0.0826. The Hall–Kier alpha value is -4.07. The Morgan fingerprint density at radius 3 is 2.59 bits per heavy atom. The Labute approximate surface area is 184 Å². The average molecular weight is 436 g/mol. The van der Waals surface area contributed by atoms with Crippen LogP contribution in [-0.4, -0.2) is 32.6 Å². The molecule has 32 heavy (non-hydrogen) atoms. The van der Waals surface area contributed by atoms with Gasteiger partial charge in [0.1, 0.15) is 11.6 Å². The first-order valence-electron chi connectivity index (χ1n) is 9.84. The molecule has 3 aromatic carbocycles. The molecule has 0 unspecified atom stereocenters. The SMILES string of the molecule is COc1ccc(C(=O)Nc2ccc3c(c2)OCC(=O)N3Cc2ccccc2F)cc1OC. The van der Waals surface area contributed by atoms with E-state index in [-0.39, 0.29) is 30.8 Å². The molecule has 0 fully saturated rings. The minimum Gasteiger partial charge on any atom is -0.493 e. The molecular formula is C24H21FN2O5. The van der Waals surface area contributed by atoms with E-state index in [0.717, 1.165) is 0 Å². The van der Waals surface area contributed by atoms with Gasteiger partial charge in [-0.1, -0.05) is 18.2 Å². The highest BCUT2D eigenvalue weighted by atomic mass is 19.1. The summed E-state index contributed by atoms with van der Waals surface area (Å²) in [5.41, 5.74) is 1.79. The average Bonchev–Trinajstić information content (AvgIpc) is 2.81. The lowest BCUT2D eigenvalue weighted by molar-refractivity contribution is -0.121. The van der Waals surface area contributed by atoms with Gasteiger partial charge in [-0.05, 0) is 36.4 Å². The van der Waals surface area contributed by atoms with E-state index >= 15 is 0 Å². The molecule has 1 N–H and O–H groups in total. The lowest BCUT2D eigenvalue weighted by Crippen LogP contribution is -2.38. The Morgan fingerprint density at radius 2 is 1.84 bits per heavy atom. The molecule has 1 heterocycles. The van der Waals surface area contributed by atoms with Crippen molar-refractivity contribution < 1.29 is 28.2 Å². The summed E-state index contributed by atoms with van der Waals surface area (Å²) in [5.74, 6) is 0.379. The molecule has 1 aliphatic rings. The number of halogens is 1. The van der Waals surface area contributed by atoms with Crippen molar-refractivity contribution >= 4 is 23.2 Å². The molecule has 0 aromatic heterocycles. The first-order valence-corrected chi connectivity index (χ1v) is 9.84. The molecule has 0 spiro atoms. The standard InChI is InChI=1S/C24H21FN2O5/c1-30-20-10-7-15(11-22(20)31-2)24(29)26-17-8-9-19-21(12-17)32-14-23(28)27(19)13-16-5-3-4-6-18(16)25/h3-12H,13-14H2,1-2H3,(H,26,29). The Bertz CT molecular complexity index is 1180. The summed E-state index contributed by atoms with van der Waals surface area (Å²) in [4.78, 5) is 26.6. The number of methoxy groups -OCH3 is 2. The molecule has 0 aliphatic carbocycles. The van der Waals surface area contributed by atoms with Crippen LogP contribution in [0.2, 0.25) is 0 Å². The molecule has 0 bridgehead atoms. The Balaban J connectivity index is 1.55. The van der Waals surface area contributed by atoms with E-state index in [9.17, 15) is 14.0 Å². The maximum absolute atomic E-state index is 14.1. The monoisotopic (exact) mass is 436 g/mol. The van der Waals surface area contributed by atoms with Crippen LogP contribution in [-0.2, 0) is 11.3 Å². The fourth-order valence-corrected chi connectivity index (χ4v) is 3.43. The van der Waals surface area contributed by atoms with Crippen molar-refractivity contribution in [2.75, 3.05) is 31.0 Å². The van der Waals surface area contributed by atoms with Crippen LogP contribution < -0.4 is 24.4 Å². The van der Waals surface area contributed by atoms with Gasteiger partial charge in [0, 0.05) is 22.9 Å². The van der Waals surface area contributed by atoms with Crippen molar-refractivity contribution in [3.63, 3.8) is 0 Å². The number of rotatable bonds is 6. The molecule has 8 heteroatoms. The predicted molar refractivity (Wildman–Crippen MR) is 117 cm³/mol. The Morgan fingerprint density at radius 1 is 1.06 bits per heavy atom. The molecule has 0 radical (unpaired) electrons. The van der Waals surface area contributed by atoms with Gasteiger partial charge in [0.15, 0.2) is 18.1 Å². The van der Waals surface area contributed by atoms with Gasteiger partial charge in [-0.3, -0.25) is 9.59 Å². The van der Waals surface area contributed by atoms with Gasteiger partial charge in [0.05, 0.1) is 26.5 Å². The number of carbonyl (C=O) groups is 2. The Kier molecular flexibility index (Phi) is 5.93. The molecule has 7 nitrogen and oxygen atoms in total. The van der Waals surface area contributed by atoms with Crippen LogP contribution in [0.3, 0.4) is 0 Å². The summed E-state index contributed by atoms with van der Waals surface area (Å²) < 4.78 is 30.1. The van der Waals surface area contributed by atoms with Crippen molar-refractivity contribution in [2.24, 2.45) is 0 Å². The van der Waals surface area contributed by atoms with Crippen molar-refractivity contribution in [3.05, 3.63) is 77.6 Å². The number of nitrogens with zero attached hydrogens (tertiary/aromatic N) is 1. The maximum atomic E-state index is 14.1. The van der Waals surface area contributed by atoms with E-state index in [4.69, 9.17) is 14.2 Å². The summed E-state index contributed by atoms with van der Waals surface area (Å²) in [7, 11) is 3.01. The fraction of sp³-hybridized carbons (Fsp3) is 0.167. The first kappa shape index (κ1) is 21.2. The van der Waals surface area contributed by atoms with Gasteiger partial charge in [-0.15, -0.1) is 0 Å². The van der Waals surface area contributed by atoms with Crippen LogP contribution in [0.1, 0.15) is 15.9 Å². The highest BCUT2D eigenvalue weighted by molar-refractivity contribution is 6.05. The van der Waals surface area contributed by atoms with E-state index in [2.05, 4.69) is 5.32 Å². The number of benzene rings is 3. The lowest BCUT2D eigenvalue weighted by Gasteiger charge is -2.30. The second-order valence-electron chi connectivity index (χ2n) is 7.07. The second kappa shape index (κ2) is 8.97. The molecule has 1 aliphatic heterocycles. The number of amides is 2. The van der Waals surface area contributed by atoms with Crippen LogP contribution in [0.15, 0.2) is 60.7 Å². The maximum Gasteiger partial charge on any atom is 0.265 e. The van der Waals surface area contributed by atoms with Crippen molar-refractivity contribution in [1.29, 1.82) is 0 Å². The molecule has 3 aromatic rings. The fourth-order valence-electron chi connectivity index (χ4n) is 3.43. The zero-order valence-corrected chi connectivity index (χ0v) is 17.6. The van der Waals surface area contributed by atoms with Gasteiger partial charge in [-0.25, -0.2) is 4.39 Å². The smallest absolute Gasteiger partial charge is 0.265 e. The van der Waals surface area contributed by atoms with Crippen molar-refractivity contribution in [3.8, 4) is 17.2 Å². The number of hydrogen-bond acceptors (Lipinski definition) is 5. The topological polar surface area (TPSA) is 77.1 Å². The van der Waals surface area contributed by atoms with Gasteiger partial charge < -0.3 is 24.4 Å². The second-order valence-corrected chi connectivity index (χ2v) is 7.07. The van der Waals surface area contributed by atoms with Crippen LogP contribution >= 0.6 is 0 Å². The summed E-state index contributed by atoms with van der Waals surface area (Å²) in [5, 5.41) is 2.80. The van der Waals surface area contributed by atoms with Crippen molar-refractivity contribution in [1.82, 2.24) is 0 Å². The van der Waals surface area contributed by atoms with Gasteiger partial charge in [-0.2, -0.15) is 0 Å². The van der Waals surface area contributed by atoms with E-state index in [1.54, 1.807) is 54.6 Å². The molecule has 0 atom stereocenters. The number of carbonyl (C=O) groups excluding carboxylic acids is 2. The van der Waals surface area contributed by atoms with E-state index in [1.807, 2.05) is 0 Å². The van der Waals surface area contributed by atoms with Gasteiger partial charge >= 0.3 is 0 Å². The first-order chi connectivity index (χ1) is 15.5. The molecule has 164 valence electrons. The molecule has 4 rings (SSSR count). The molecule has 0 saturated heterocycles. The number of nitrogens with one attached hydrogen (secondary N) is 1. The van der Waals surface area contributed by atoms with Crippen molar-refractivity contribution in [2.45, 2.75) is 6.54 Å².